The van der Waals surface area contributed by atoms with E-state index in [0.717, 1.165) is 40.7 Å². The zero-order valence-electron chi connectivity index (χ0n) is 13.6. The van der Waals surface area contributed by atoms with E-state index in [2.05, 4.69) is 31.8 Å². The van der Waals surface area contributed by atoms with E-state index >= 15 is 0 Å². The second-order valence-corrected chi connectivity index (χ2v) is 6.36. The lowest BCUT2D eigenvalue weighted by atomic mass is 9.98. The monoisotopic (exact) mass is 334 g/mol. The summed E-state index contributed by atoms with van der Waals surface area (Å²) in [5.74, 6) is -0.355. The molecule has 1 aliphatic rings. The van der Waals surface area contributed by atoms with Gasteiger partial charge in [0, 0.05) is 28.9 Å². The Morgan fingerprint density at radius 1 is 1.20 bits per heavy atom. The summed E-state index contributed by atoms with van der Waals surface area (Å²) in [6.45, 7) is 2.16. The molecule has 25 heavy (non-hydrogen) atoms. The summed E-state index contributed by atoms with van der Waals surface area (Å²) in [6.07, 6.45) is 6.79. The minimum absolute atomic E-state index is 0.338. The van der Waals surface area contributed by atoms with Crippen molar-refractivity contribution in [2.24, 2.45) is 0 Å². The van der Waals surface area contributed by atoms with Gasteiger partial charge in [-0.3, -0.25) is 14.8 Å². The van der Waals surface area contributed by atoms with Crippen molar-refractivity contribution >= 4 is 11.0 Å². The molecule has 1 atom stereocenters. The van der Waals surface area contributed by atoms with Gasteiger partial charge in [0.25, 0.3) is 0 Å². The molecule has 6 nitrogen and oxygen atoms in total. The summed E-state index contributed by atoms with van der Waals surface area (Å²) in [5.41, 5.74) is 5.42. The predicted octanol–water partition coefficient (Wildman–Crippen LogP) is 3.53. The van der Waals surface area contributed by atoms with Gasteiger partial charge in [-0.05, 0) is 43.5 Å². The van der Waals surface area contributed by atoms with Crippen LogP contribution in [-0.4, -0.2) is 29.9 Å². The van der Waals surface area contributed by atoms with Crippen LogP contribution in [0, 0.1) is 5.82 Å². The van der Waals surface area contributed by atoms with Crippen LogP contribution >= 0.6 is 0 Å². The van der Waals surface area contributed by atoms with Gasteiger partial charge in [0.05, 0.1) is 18.1 Å². The Hall–Kier alpha value is -3.09. The maximum atomic E-state index is 13.3. The number of pyridine rings is 2. The number of rotatable bonds is 2. The third kappa shape index (κ3) is 2.08. The number of hydrogen-bond acceptors (Lipinski definition) is 4. The summed E-state index contributed by atoms with van der Waals surface area (Å²) in [7, 11) is 0. The molecule has 124 valence electrons. The minimum atomic E-state index is -0.355. The highest BCUT2D eigenvalue weighted by molar-refractivity contribution is 5.97. The summed E-state index contributed by atoms with van der Waals surface area (Å²) in [6, 6.07) is 5.41. The van der Waals surface area contributed by atoms with Crippen molar-refractivity contribution in [3.8, 4) is 22.5 Å². The maximum Gasteiger partial charge on any atom is 0.155 e. The lowest BCUT2D eigenvalue weighted by Crippen LogP contribution is -2.01. The van der Waals surface area contributed by atoms with Crippen molar-refractivity contribution in [2.75, 3.05) is 0 Å². The van der Waals surface area contributed by atoms with E-state index in [1.165, 1.54) is 18.0 Å². The molecule has 0 amide bonds. The molecule has 0 radical (unpaired) electrons. The fourth-order valence-electron chi connectivity index (χ4n) is 3.59. The number of aromatic amines is 1. The summed E-state index contributed by atoms with van der Waals surface area (Å²) in [4.78, 5) is 8.57. The Balaban J connectivity index is 1.82. The largest absolute Gasteiger partial charge is 0.265 e. The number of aromatic nitrogens is 6. The van der Waals surface area contributed by atoms with Crippen molar-refractivity contribution in [1.82, 2.24) is 29.9 Å². The molecule has 0 bridgehead atoms. The molecule has 0 saturated carbocycles. The second-order valence-electron chi connectivity index (χ2n) is 6.36. The smallest absolute Gasteiger partial charge is 0.155 e. The van der Waals surface area contributed by atoms with Gasteiger partial charge < -0.3 is 0 Å². The van der Waals surface area contributed by atoms with Crippen LogP contribution in [0.3, 0.4) is 0 Å². The number of hydrogen-bond donors (Lipinski definition) is 1. The van der Waals surface area contributed by atoms with Crippen LogP contribution in [0.2, 0.25) is 0 Å². The standard InChI is InChI=1S/C18H15FN6/c1-10-2-5-15-16(12-6-7-20-18-13(12)9-22-23-18)17(24-25(10)15)14-4-3-11(19)8-21-14/h3-4,6-10H,2,5H2,1H3,(H,20,22,23)/t10-/m0/s1. The Bertz CT molecular complexity index is 1080. The van der Waals surface area contributed by atoms with Crippen molar-refractivity contribution in [3.63, 3.8) is 0 Å². The average molecular weight is 334 g/mol. The van der Waals surface area contributed by atoms with E-state index in [1.54, 1.807) is 18.5 Å². The highest BCUT2D eigenvalue weighted by Crippen LogP contribution is 2.41. The van der Waals surface area contributed by atoms with Gasteiger partial charge in [0.2, 0.25) is 0 Å². The maximum absolute atomic E-state index is 13.3. The lowest BCUT2D eigenvalue weighted by Gasteiger charge is -2.06. The number of fused-ring (bicyclic) bond motifs is 2. The SMILES string of the molecule is C[C@H]1CCc2c(-c3ccnc4[nH]ncc34)c(-c3ccc(F)cn3)nn21. The van der Waals surface area contributed by atoms with Crippen molar-refractivity contribution in [2.45, 2.75) is 25.8 Å². The highest BCUT2D eigenvalue weighted by Gasteiger charge is 2.29. The Kier molecular flexibility index (Phi) is 2.97. The normalized spacial score (nSPS) is 16.5. The molecule has 0 aromatic carbocycles. The fourth-order valence-corrected chi connectivity index (χ4v) is 3.59. The van der Waals surface area contributed by atoms with Crippen LogP contribution in [0.4, 0.5) is 4.39 Å². The molecule has 5 heterocycles. The van der Waals surface area contributed by atoms with Gasteiger partial charge in [0.15, 0.2) is 5.65 Å². The van der Waals surface area contributed by atoms with Gasteiger partial charge in [-0.2, -0.15) is 10.2 Å². The third-order valence-electron chi connectivity index (χ3n) is 4.82. The molecule has 0 unspecified atom stereocenters. The summed E-state index contributed by atoms with van der Waals surface area (Å²) >= 11 is 0. The number of nitrogens with one attached hydrogen (secondary N) is 1. The third-order valence-corrected chi connectivity index (χ3v) is 4.82. The van der Waals surface area contributed by atoms with E-state index in [4.69, 9.17) is 5.10 Å². The Labute approximate surface area is 142 Å². The average Bonchev–Trinajstić information content (AvgIpc) is 3.32. The minimum Gasteiger partial charge on any atom is -0.265 e. The zero-order valence-corrected chi connectivity index (χ0v) is 13.6. The molecule has 4 aromatic rings. The van der Waals surface area contributed by atoms with Gasteiger partial charge in [-0.25, -0.2) is 9.37 Å². The van der Waals surface area contributed by atoms with E-state index in [9.17, 15) is 4.39 Å². The van der Waals surface area contributed by atoms with E-state index < -0.39 is 0 Å². The van der Waals surface area contributed by atoms with Crippen molar-refractivity contribution in [3.05, 3.63) is 48.3 Å². The fraction of sp³-hybridized carbons (Fsp3) is 0.222. The molecule has 0 spiro atoms. The first-order valence-electron chi connectivity index (χ1n) is 8.24. The van der Waals surface area contributed by atoms with Gasteiger partial charge in [-0.1, -0.05) is 0 Å². The molecule has 0 aliphatic carbocycles. The molecule has 0 fully saturated rings. The Morgan fingerprint density at radius 3 is 2.96 bits per heavy atom. The highest BCUT2D eigenvalue weighted by atomic mass is 19.1. The van der Waals surface area contributed by atoms with E-state index in [-0.39, 0.29) is 5.82 Å². The van der Waals surface area contributed by atoms with Crippen LogP contribution in [0.15, 0.2) is 36.8 Å². The number of H-pyrrole nitrogens is 1. The van der Waals surface area contributed by atoms with Crippen LogP contribution in [0.1, 0.15) is 25.1 Å². The predicted molar refractivity (Wildman–Crippen MR) is 91.3 cm³/mol. The van der Waals surface area contributed by atoms with E-state index in [1.807, 2.05) is 6.07 Å². The Morgan fingerprint density at radius 2 is 2.12 bits per heavy atom. The second kappa shape index (κ2) is 5.20. The lowest BCUT2D eigenvalue weighted by molar-refractivity contribution is 0.522. The zero-order chi connectivity index (χ0) is 17.0. The first kappa shape index (κ1) is 14.3. The quantitative estimate of drug-likeness (QED) is 0.609. The molecule has 5 rings (SSSR count). The van der Waals surface area contributed by atoms with Gasteiger partial charge >= 0.3 is 0 Å². The van der Waals surface area contributed by atoms with Gasteiger partial charge in [-0.15, -0.1) is 0 Å². The molecular formula is C18H15FN6. The van der Waals surface area contributed by atoms with Crippen LogP contribution in [0.25, 0.3) is 33.5 Å². The van der Waals surface area contributed by atoms with Crippen LogP contribution in [0.5, 0.6) is 0 Å². The molecule has 1 N–H and O–H groups in total. The molecule has 0 saturated heterocycles. The number of halogens is 1. The van der Waals surface area contributed by atoms with Crippen LogP contribution in [-0.2, 0) is 6.42 Å². The molecule has 4 aromatic heterocycles. The molecule has 7 heteroatoms. The first-order valence-corrected chi connectivity index (χ1v) is 8.24. The van der Waals surface area contributed by atoms with E-state index in [0.29, 0.717) is 11.7 Å². The van der Waals surface area contributed by atoms with Crippen molar-refractivity contribution in [1.29, 1.82) is 0 Å². The summed E-state index contributed by atoms with van der Waals surface area (Å²) < 4.78 is 15.4. The van der Waals surface area contributed by atoms with Gasteiger partial charge in [0.1, 0.15) is 11.5 Å². The first-order chi connectivity index (χ1) is 12.2. The molecule has 1 aliphatic heterocycles. The van der Waals surface area contributed by atoms with Crippen LogP contribution < -0.4 is 0 Å². The summed E-state index contributed by atoms with van der Waals surface area (Å²) in [5, 5.41) is 12.8. The van der Waals surface area contributed by atoms with Crippen molar-refractivity contribution < 1.29 is 4.39 Å². The molecular weight excluding hydrogens is 319 g/mol. The topological polar surface area (TPSA) is 72.3 Å². The number of nitrogens with zero attached hydrogens (tertiary/aromatic N) is 5.